The summed E-state index contributed by atoms with van der Waals surface area (Å²) in [5.74, 6) is 0.710. The Bertz CT molecular complexity index is 1170. The maximum atomic E-state index is 13.4. The van der Waals surface area contributed by atoms with Crippen molar-refractivity contribution in [2.45, 2.75) is 50.7 Å². The van der Waals surface area contributed by atoms with Crippen LogP contribution >= 0.6 is 0 Å². The van der Waals surface area contributed by atoms with E-state index in [1.165, 1.54) is 6.07 Å². The van der Waals surface area contributed by atoms with Crippen LogP contribution in [0, 0.1) is 5.92 Å². The lowest BCUT2D eigenvalue weighted by atomic mass is 9.82. The number of fused-ring (bicyclic) bond motifs is 1. The summed E-state index contributed by atoms with van der Waals surface area (Å²) in [5.41, 5.74) is -0.0173. The Hall–Kier alpha value is -2.98. The van der Waals surface area contributed by atoms with E-state index in [0.717, 1.165) is 37.8 Å². The van der Waals surface area contributed by atoms with Gasteiger partial charge in [-0.05, 0) is 49.9 Å². The lowest BCUT2D eigenvalue weighted by Gasteiger charge is -2.32. The van der Waals surface area contributed by atoms with Crippen molar-refractivity contribution in [3.05, 3.63) is 42.2 Å². The molecule has 7 nitrogen and oxygen atoms in total. The summed E-state index contributed by atoms with van der Waals surface area (Å²) in [7, 11) is 0. The Labute approximate surface area is 194 Å². The van der Waals surface area contributed by atoms with Crippen LogP contribution in [0.3, 0.4) is 0 Å². The van der Waals surface area contributed by atoms with Crippen molar-refractivity contribution < 1.29 is 27.8 Å². The van der Waals surface area contributed by atoms with Crippen LogP contribution in [0.5, 0.6) is 5.75 Å². The fraction of sp³-hybridized carbons (Fsp3) is 0.458. The van der Waals surface area contributed by atoms with Crippen molar-refractivity contribution in [1.82, 2.24) is 15.2 Å². The summed E-state index contributed by atoms with van der Waals surface area (Å²) < 4.78 is 51.9. The van der Waals surface area contributed by atoms with E-state index in [1.807, 2.05) is 0 Å². The molecule has 0 amide bonds. The second-order valence-corrected chi connectivity index (χ2v) is 8.73. The van der Waals surface area contributed by atoms with E-state index in [9.17, 15) is 18.3 Å². The van der Waals surface area contributed by atoms with Crippen LogP contribution in [0.25, 0.3) is 22.0 Å². The highest BCUT2D eigenvalue weighted by molar-refractivity contribution is 6.00. The zero-order valence-electron chi connectivity index (χ0n) is 18.4. The van der Waals surface area contributed by atoms with Gasteiger partial charge in [-0.25, -0.2) is 0 Å². The molecule has 2 aromatic heterocycles. The number of hydrogen-bond donors (Lipinski definition) is 2. The summed E-state index contributed by atoms with van der Waals surface area (Å²) in [5, 5.41) is 23.1. The number of aromatic nitrogens is 3. The third-order valence-electron chi connectivity index (χ3n) is 6.45. The van der Waals surface area contributed by atoms with E-state index in [1.54, 1.807) is 18.5 Å². The van der Waals surface area contributed by atoms with E-state index in [-0.39, 0.29) is 17.8 Å². The number of hydrogen-bond acceptors (Lipinski definition) is 7. The number of nitrogens with zero attached hydrogens (tertiary/aromatic N) is 3. The van der Waals surface area contributed by atoms with Crippen LogP contribution in [0.15, 0.2) is 36.7 Å². The van der Waals surface area contributed by atoms with Gasteiger partial charge >= 0.3 is 6.18 Å². The molecule has 1 saturated heterocycles. The number of pyridine rings is 1. The molecule has 34 heavy (non-hydrogen) atoms. The SMILES string of the molecule is OC1CC[C@H]1CNc1nnc(-c2ccc(C(F)(F)F)cc2OC2CCCCO2)c2ccncc12. The minimum atomic E-state index is -4.51. The van der Waals surface area contributed by atoms with E-state index >= 15 is 0 Å². The molecule has 2 unspecified atom stereocenters. The van der Waals surface area contributed by atoms with Gasteiger partial charge in [0.25, 0.3) is 0 Å². The topological polar surface area (TPSA) is 89.4 Å². The fourth-order valence-electron chi connectivity index (χ4n) is 4.28. The first-order valence-electron chi connectivity index (χ1n) is 11.4. The van der Waals surface area contributed by atoms with Crippen molar-refractivity contribution >= 4 is 16.6 Å². The molecule has 1 aromatic carbocycles. The summed E-state index contributed by atoms with van der Waals surface area (Å²) >= 11 is 0. The Morgan fingerprint density at radius 3 is 2.68 bits per heavy atom. The normalized spacial score (nSPS) is 22.9. The van der Waals surface area contributed by atoms with Crippen molar-refractivity contribution in [2.75, 3.05) is 18.5 Å². The molecule has 2 fully saturated rings. The number of alkyl halides is 3. The number of halogens is 3. The van der Waals surface area contributed by atoms with E-state index in [2.05, 4.69) is 20.5 Å². The predicted molar refractivity (Wildman–Crippen MR) is 119 cm³/mol. The van der Waals surface area contributed by atoms with Gasteiger partial charge < -0.3 is 19.9 Å². The maximum Gasteiger partial charge on any atom is 0.416 e. The number of anilines is 1. The summed E-state index contributed by atoms with van der Waals surface area (Å²) in [6, 6.07) is 5.12. The zero-order chi connectivity index (χ0) is 23.7. The van der Waals surface area contributed by atoms with Crippen LogP contribution in [-0.2, 0) is 10.9 Å². The molecule has 3 atom stereocenters. The first-order chi connectivity index (χ1) is 16.4. The van der Waals surface area contributed by atoms with Crippen molar-refractivity contribution in [2.24, 2.45) is 5.92 Å². The van der Waals surface area contributed by atoms with Crippen LogP contribution in [0.4, 0.5) is 19.0 Å². The molecule has 0 radical (unpaired) electrons. The largest absolute Gasteiger partial charge is 0.464 e. The monoisotopic (exact) mass is 474 g/mol. The molecule has 3 heterocycles. The van der Waals surface area contributed by atoms with Crippen molar-refractivity contribution in [3.63, 3.8) is 0 Å². The van der Waals surface area contributed by atoms with Crippen LogP contribution in [0.1, 0.15) is 37.7 Å². The smallest absolute Gasteiger partial charge is 0.416 e. The fourth-order valence-corrected chi connectivity index (χ4v) is 4.28. The van der Waals surface area contributed by atoms with E-state index in [4.69, 9.17) is 9.47 Å². The molecule has 3 aromatic rings. The third-order valence-corrected chi connectivity index (χ3v) is 6.45. The maximum absolute atomic E-state index is 13.4. The first kappa shape index (κ1) is 22.8. The molecule has 5 rings (SSSR count). The van der Waals surface area contributed by atoms with Gasteiger partial charge in [0.1, 0.15) is 11.4 Å². The second-order valence-electron chi connectivity index (χ2n) is 8.73. The third kappa shape index (κ3) is 4.65. The van der Waals surface area contributed by atoms with Gasteiger partial charge in [-0.15, -0.1) is 10.2 Å². The molecule has 2 N–H and O–H groups in total. The van der Waals surface area contributed by atoms with E-state index in [0.29, 0.717) is 47.4 Å². The number of rotatable bonds is 6. The molecular formula is C24H25F3N4O3. The molecule has 2 aliphatic rings. The minimum Gasteiger partial charge on any atom is -0.464 e. The Balaban J connectivity index is 1.53. The summed E-state index contributed by atoms with van der Waals surface area (Å²) in [4.78, 5) is 4.19. The average molecular weight is 474 g/mol. The number of benzene rings is 1. The highest BCUT2D eigenvalue weighted by Crippen LogP contribution is 2.40. The van der Waals surface area contributed by atoms with Gasteiger partial charge in [0.2, 0.25) is 0 Å². The van der Waals surface area contributed by atoms with Gasteiger partial charge in [0, 0.05) is 47.6 Å². The lowest BCUT2D eigenvalue weighted by molar-refractivity contribution is -0.138. The van der Waals surface area contributed by atoms with Gasteiger partial charge in [-0.3, -0.25) is 4.98 Å². The molecular weight excluding hydrogens is 449 g/mol. The Morgan fingerprint density at radius 2 is 1.97 bits per heavy atom. The predicted octanol–water partition coefficient (Wildman–Crippen LogP) is 4.80. The highest BCUT2D eigenvalue weighted by Gasteiger charge is 2.33. The Kier molecular flexibility index (Phi) is 6.26. The molecule has 0 bridgehead atoms. The molecule has 180 valence electrons. The first-order valence-corrected chi connectivity index (χ1v) is 11.4. The minimum absolute atomic E-state index is 0.0486. The van der Waals surface area contributed by atoms with Crippen LogP contribution < -0.4 is 10.1 Å². The molecule has 10 heteroatoms. The van der Waals surface area contributed by atoms with Gasteiger partial charge in [0.15, 0.2) is 12.1 Å². The second kappa shape index (κ2) is 9.34. The van der Waals surface area contributed by atoms with Crippen LogP contribution in [0.2, 0.25) is 0 Å². The van der Waals surface area contributed by atoms with Crippen molar-refractivity contribution in [1.29, 1.82) is 0 Å². The van der Waals surface area contributed by atoms with Gasteiger partial charge in [-0.1, -0.05) is 0 Å². The Morgan fingerprint density at radius 1 is 1.09 bits per heavy atom. The molecule has 1 aliphatic carbocycles. The molecule has 1 saturated carbocycles. The highest BCUT2D eigenvalue weighted by atomic mass is 19.4. The van der Waals surface area contributed by atoms with Crippen molar-refractivity contribution in [3.8, 4) is 17.0 Å². The standard InChI is InChI=1S/C24H25F3N4O3/c25-24(26,27)15-5-6-17(20(11-15)34-21-3-1-2-10-33-21)22-16-8-9-28-13-18(16)23(31-30-22)29-12-14-4-7-19(14)32/h5-6,8-9,11,13-14,19,21,32H,1-4,7,10,12H2,(H,29,31)/t14-,19?,21?/m0/s1. The molecule has 0 spiro atoms. The summed E-state index contributed by atoms with van der Waals surface area (Å²) in [6.45, 7) is 1.05. The number of aliphatic hydroxyl groups is 1. The number of nitrogens with one attached hydrogen (secondary N) is 1. The quantitative estimate of drug-likeness (QED) is 0.531. The zero-order valence-corrected chi connectivity index (χ0v) is 18.4. The van der Waals surface area contributed by atoms with Crippen LogP contribution in [-0.4, -0.2) is 45.8 Å². The lowest BCUT2D eigenvalue weighted by Crippen LogP contribution is -2.36. The van der Waals surface area contributed by atoms with Gasteiger partial charge in [0.05, 0.1) is 18.3 Å². The van der Waals surface area contributed by atoms with Gasteiger partial charge in [-0.2, -0.15) is 13.2 Å². The van der Waals surface area contributed by atoms with E-state index < -0.39 is 18.0 Å². The number of aliphatic hydroxyl groups excluding tert-OH is 1. The summed E-state index contributed by atoms with van der Waals surface area (Å²) in [6.07, 6.45) is 1.89. The molecule has 1 aliphatic heterocycles. The average Bonchev–Trinajstić information content (AvgIpc) is 2.83. The number of ether oxygens (including phenoxy) is 2.